The molecular formula is C50H85N3O18P2. The zero-order valence-corrected chi connectivity index (χ0v) is 44.9. The highest BCUT2D eigenvalue weighted by Crippen LogP contribution is 2.60. The number of nitrogens with zero attached hydrogens (tertiary/aromatic N) is 2. The third-order valence-electron chi connectivity index (χ3n) is 12.8. The van der Waals surface area contributed by atoms with Crippen molar-refractivity contribution < 1.29 is 81.3 Å². The number of phosphoric acid groups is 2. The Bertz CT molecular complexity index is 2000. The summed E-state index contributed by atoms with van der Waals surface area (Å²) in [5, 5.41) is 45.5. The van der Waals surface area contributed by atoms with E-state index in [2.05, 4.69) is 23.1 Å². The van der Waals surface area contributed by atoms with Crippen LogP contribution in [0.3, 0.4) is 0 Å². The molecule has 21 nitrogen and oxygen atoms in total. The minimum absolute atomic E-state index is 0.00186. The first kappa shape index (κ1) is 64.1. The van der Waals surface area contributed by atoms with Gasteiger partial charge in [-0.25, -0.2) is 13.9 Å². The number of hydrogen-bond acceptors (Lipinski definition) is 18. The van der Waals surface area contributed by atoms with E-state index in [0.717, 1.165) is 61.6 Å². The van der Waals surface area contributed by atoms with Crippen molar-refractivity contribution in [2.45, 2.75) is 211 Å². The molecule has 11 atom stereocenters. The lowest BCUT2D eigenvalue weighted by atomic mass is 9.83. The molecule has 0 spiro atoms. The molecule has 23 heteroatoms. The predicted molar refractivity (Wildman–Crippen MR) is 271 cm³/mol. The van der Waals surface area contributed by atoms with E-state index < -0.39 is 120 Å². The van der Waals surface area contributed by atoms with Crippen LogP contribution in [0, 0.1) is 17.8 Å². The summed E-state index contributed by atoms with van der Waals surface area (Å²) < 4.78 is 58.9. The van der Waals surface area contributed by atoms with E-state index in [1.54, 1.807) is 12.2 Å². The number of ether oxygens (including phenoxy) is 3. The quantitative estimate of drug-likeness (QED) is 0.0242. The molecule has 3 heterocycles. The molecule has 2 aliphatic rings. The van der Waals surface area contributed by atoms with Crippen molar-refractivity contribution >= 4 is 39.2 Å². The minimum Gasteiger partial charge on any atom is -0.462 e. The van der Waals surface area contributed by atoms with Crippen LogP contribution in [0.2, 0.25) is 0 Å². The first-order chi connectivity index (χ1) is 34.7. The maximum atomic E-state index is 14.3. The van der Waals surface area contributed by atoms with Gasteiger partial charge in [-0.1, -0.05) is 141 Å². The molecule has 0 radical (unpaired) electrons. The number of phosphoric ester groups is 2. The molecule has 0 saturated carbocycles. The van der Waals surface area contributed by atoms with Crippen molar-refractivity contribution in [3.05, 3.63) is 47.1 Å². The SMILES string of the molecule is CCCCC[C@H](O)C=C[C@@H]1[C@H](O)[C@H](O)[C@H]2COP(=O)(O)OP(=O)(O)OC[C@H](OC(=O)CCCCCCCCCCCCCCC(C)C)COC(=O)CCC/C=C\C[C@@H](C(=O)C[C@H]1O)[C@H](n1ccc(N)nc1=O)O2. The van der Waals surface area contributed by atoms with Crippen LogP contribution >= 0.6 is 15.6 Å². The summed E-state index contributed by atoms with van der Waals surface area (Å²) in [4.78, 5) is 78.4. The number of allylic oxidation sites excluding steroid dienone is 2. The largest absolute Gasteiger partial charge is 0.481 e. The Balaban J connectivity index is 1.80. The lowest BCUT2D eigenvalue weighted by molar-refractivity contribution is -0.183. The summed E-state index contributed by atoms with van der Waals surface area (Å²) in [5.41, 5.74) is 4.72. The number of ketones is 1. The topological polar surface area (TPSA) is 323 Å². The number of hydrogen-bond donors (Lipinski definition) is 7. The summed E-state index contributed by atoms with van der Waals surface area (Å²) in [6.07, 6.45) is 11.5. The highest BCUT2D eigenvalue weighted by Gasteiger charge is 2.45. The Morgan fingerprint density at radius 1 is 0.863 bits per heavy atom. The highest BCUT2D eigenvalue weighted by atomic mass is 31.3. The number of esters is 2. The molecule has 1 saturated heterocycles. The van der Waals surface area contributed by atoms with Gasteiger partial charge in [0.05, 0.1) is 37.4 Å². The van der Waals surface area contributed by atoms with Crippen LogP contribution < -0.4 is 11.4 Å². The average molecular weight is 1080 g/mol. The Labute approximate surface area is 430 Å². The molecule has 1 aromatic rings. The molecule has 0 amide bonds. The summed E-state index contributed by atoms with van der Waals surface area (Å²) in [6.45, 7) is 3.73. The lowest BCUT2D eigenvalue weighted by Gasteiger charge is -2.38. The molecule has 1 aromatic heterocycles. The fourth-order valence-electron chi connectivity index (χ4n) is 8.60. The zero-order valence-electron chi connectivity index (χ0n) is 43.1. The van der Waals surface area contributed by atoms with Crippen LogP contribution in [-0.4, -0.2) is 114 Å². The minimum atomic E-state index is -5.72. The number of fused-ring (bicyclic) bond motifs is 3. The van der Waals surface area contributed by atoms with Gasteiger partial charge in [-0.2, -0.15) is 9.29 Å². The number of aromatic nitrogens is 2. The van der Waals surface area contributed by atoms with Gasteiger partial charge < -0.3 is 50.2 Å². The number of nitrogens with two attached hydrogens (primary N) is 1. The summed E-state index contributed by atoms with van der Waals surface area (Å²) in [6, 6.07) is 1.21. The van der Waals surface area contributed by atoms with Crippen LogP contribution in [0.5, 0.6) is 0 Å². The number of aliphatic hydroxyl groups excluding tert-OH is 4. The maximum Gasteiger partial charge on any atom is 0.481 e. The third-order valence-corrected chi connectivity index (χ3v) is 15.4. The molecule has 2 unspecified atom stereocenters. The second-order valence-electron chi connectivity index (χ2n) is 19.6. The van der Waals surface area contributed by atoms with Crippen LogP contribution in [-0.2, 0) is 51.1 Å². The Morgan fingerprint density at radius 2 is 1.48 bits per heavy atom. The number of aliphatic hydroxyl groups is 4. The lowest BCUT2D eigenvalue weighted by Crippen LogP contribution is -2.51. The number of carbonyl (C=O) groups excluding carboxylic acids is 3. The summed E-state index contributed by atoms with van der Waals surface area (Å²) >= 11 is 0. The van der Waals surface area contributed by atoms with E-state index in [4.69, 9.17) is 29.0 Å². The predicted octanol–water partition coefficient (Wildman–Crippen LogP) is 7.45. The van der Waals surface area contributed by atoms with Gasteiger partial charge in [0.1, 0.15) is 36.6 Å². The molecule has 418 valence electrons. The highest BCUT2D eigenvalue weighted by molar-refractivity contribution is 7.61. The number of anilines is 1. The molecule has 0 aliphatic carbocycles. The molecule has 0 aromatic carbocycles. The van der Waals surface area contributed by atoms with Gasteiger partial charge in [-0.15, -0.1) is 0 Å². The van der Waals surface area contributed by atoms with E-state index in [-0.39, 0.29) is 37.9 Å². The first-order valence-corrected chi connectivity index (χ1v) is 29.3. The van der Waals surface area contributed by atoms with Crippen LogP contribution in [0.15, 0.2) is 41.4 Å². The summed E-state index contributed by atoms with van der Waals surface area (Å²) in [5.74, 6) is -4.38. The second kappa shape index (κ2) is 34.5. The van der Waals surface area contributed by atoms with E-state index in [1.165, 1.54) is 63.2 Å². The monoisotopic (exact) mass is 1080 g/mol. The van der Waals surface area contributed by atoms with Crippen molar-refractivity contribution in [3.63, 3.8) is 0 Å². The molecule has 1 fully saturated rings. The van der Waals surface area contributed by atoms with Crippen molar-refractivity contribution in [1.29, 1.82) is 0 Å². The van der Waals surface area contributed by atoms with Gasteiger partial charge in [0.2, 0.25) is 0 Å². The van der Waals surface area contributed by atoms with Gasteiger partial charge >= 0.3 is 33.3 Å². The van der Waals surface area contributed by atoms with Gasteiger partial charge in [0, 0.05) is 31.4 Å². The van der Waals surface area contributed by atoms with Crippen LogP contribution in [0.4, 0.5) is 5.82 Å². The number of carbonyl (C=O) groups is 3. The van der Waals surface area contributed by atoms with Crippen LogP contribution in [0.25, 0.3) is 0 Å². The van der Waals surface area contributed by atoms with Crippen molar-refractivity contribution in [2.24, 2.45) is 17.8 Å². The average Bonchev–Trinajstić information content (AvgIpc) is 3.31. The number of unbranched alkanes of at least 4 members (excludes halogenated alkanes) is 13. The van der Waals surface area contributed by atoms with Gasteiger partial charge in [-0.05, 0) is 44.1 Å². The fourth-order valence-corrected chi connectivity index (χ4v) is 10.7. The molecule has 3 rings (SSSR count). The number of rotatable bonds is 23. The van der Waals surface area contributed by atoms with E-state index >= 15 is 0 Å². The van der Waals surface area contributed by atoms with Gasteiger partial charge in [-0.3, -0.25) is 28.0 Å². The molecule has 2 aliphatic heterocycles. The molecule has 2 bridgehead atoms. The van der Waals surface area contributed by atoms with Gasteiger partial charge in [0.15, 0.2) is 6.10 Å². The number of nitrogen functional groups attached to an aromatic ring is 1. The number of Topliss-reactive ketones (excluding diaryl/α,β-unsaturated/α-hetero) is 1. The smallest absolute Gasteiger partial charge is 0.462 e. The Morgan fingerprint density at radius 3 is 2.11 bits per heavy atom. The molecule has 8 N–H and O–H groups in total. The Kier molecular flexibility index (Phi) is 30.3. The maximum absolute atomic E-state index is 14.3. The third kappa shape index (κ3) is 26.0. The zero-order chi connectivity index (χ0) is 53.8. The van der Waals surface area contributed by atoms with E-state index in [0.29, 0.717) is 19.3 Å². The van der Waals surface area contributed by atoms with Crippen molar-refractivity contribution in [2.75, 3.05) is 25.6 Å². The van der Waals surface area contributed by atoms with Crippen molar-refractivity contribution in [1.82, 2.24) is 9.55 Å². The first-order valence-electron chi connectivity index (χ1n) is 26.3. The standard InChI is InChI=1S/C50H85N3O18P2/c1-4-5-18-24-37(54)28-29-39-41(55)32-42(56)40-25-20-16-17-21-26-45(57)66-33-38(69-46(58)27-22-15-13-11-9-7-6-8-10-12-14-19-23-36(2)3)34-67-72(62,63)71-73(64,65)68-35-43(48(60)47(39)59)70-49(40)53-31-30-44(51)52-50(53)61/h16,20,28-31,36-41,43,47-49,54-55,59-60H,4-15,17-19,21-27,32-35H2,1-3H3,(H,62,63)(H,64,65)(H2,51,52,61)/b20-16-,29-28?/t37-,38+,39-,40-,41+,43+,47-,48+,49+/m0/s1. The van der Waals surface area contributed by atoms with E-state index in [9.17, 15) is 58.5 Å². The van der Waals surface area contributed by atoms with E-state index in [1.807, 2.05) is 6.92 Å². The normalized spacial score (nSPS) is 29.6. The number of cyclic esters (lactones) is 1. The Hall–Kier alpha value is -3.17. The van der Waals surface area contributed by atoms with Crippen molar-refractivity contribution in [3.8, 4) is 0 Å². The molecule has 73 heavy (non-hydrogen) atoms. The van der Waals surface area contributed by atoms with Gasteiger partial charge in [0.25, 0.3) is 0 Å². The van der Waals surface area contributed by atoms with Crippen LogP contribution in [0.1, 0.15) is 175 Å². The molecular weight excluding hydrogens is 993 g/mol. The second-order valence-corrected chi connectivity index (χ2v) is 22.7. The summed E-state index contributed by atoms with van der Waals surface area (Å²) in [7, 11) is -11.3. The fraction of sp³-hybridized carbons (Fsp3) is 0.780.